The monoisotopic (exact) mass is 388 g/mol. The van der Waals surface area contributed by atoms with Crippen LogP contribution in [0, 0.1) is 0 Å². The Kier molecular flexibility index (Phi) is 5.95. The first-order valence-corrected chi connectivity index (χ1v) is 10.0. The number of hydrogen-bond acceptors (Lipinski definition) is 3. The van der Waals surface area contributed by atoms with E-state index in [0.717, 1.165) is 37.0 Å². The van der Waals surface area contributed by atoms with E-state index in [9.17, 15) is 0 Å². The van der Waals surface area contributed by atoms with Gasteiger partial charge < -0.3 is 10.2 Å². The largest absolute Gasteiger partial charge is 0.346 e. The molecule has 0 aliphatic carbocycles. The first-order chi connectivity index (χ1) is 13.8. The van der Waals surface area contributed by atoms with Gasteiger partial charge in [-0.3, -0.25) is 9.88 Å². The van der Waals surface area contributed by atoms with Crippen molar-refractivity contribution < 1.29 is 0 Å². The summed E-state index contributed by atoms with van der Waals surface area (Å²) in [5.74, 6) is 0. The van der Waals surface area contributed by atoms with Crippen LogP contribution in [0.5, 0.6) is 0 Å². The van der Waals surface area contributed by atoms with Gasteiger partial charge in [0.25, 0.3) is 0 Å². The predicted molar refractivity (Wildman–Crippen MR) is 118 cm³/mol. The number of anilines is 1. The molecule has 1 aliphatic rings. The predicted octanol–water partition coefficient (Wildman–Crippen LogP) is 4.19. The smallest absolute Gasteiger partial charge is 0.173 e. The lowest BCUT2D eigenvalue weighted by molar-refractivity contribution is 0.151. The number of thiocarbonyl (C=S) groups is 1. The Labute approximate surface area is 171 Å². The van der Waals surface area contributed by atoms with Gasteiger partial charge in [-0.2, -0.15) is 0 Å². The molecule has 1 aliphatic heterocycles. The molecule has 0 unspecified atom stereocenters. The number of pyridine rings is 1. The highest BCUT2D eigenvalue weighted by Crippen LogP contribution is 2.29. The molecule has 142 valence electrons. The van der Waals surface area contributed by atoms with Crippen molar-refractivity contribution in [2.24, 2.45) is 0 Å². The molecule has 0 radical (unpaired) electrons. The zero-order chi connectivity index (χ0) is 19.2. The molecule has 0 bridgehead atoms. The van der Waals surface area contributed by atoms with E-state index in [1.807, 2.05) is 12.1 Å². The van der Waals surface area contributed by atoms with Crippen LogP contribution in [0.3, 0.4) is 0 Å². The maximum absolute atomic E-state index is 5.62. The summed E-state index contributed by atoms with van der Waals surface area (Å²) < 4.78 is 0. The van der Waals surface area contributed by atoms with E-state index in [-0.39, 0.29) is 6.04 Å². The summed E-state index contributed by atoms with van der Waals surface area (Å²) in [4.78, 5) is 8.93. The van der Waals surface area contributed by atoms with E-state index in [2.05, 4.69) is 80.8 Å². The second-order valence-corrected chi connectivity index (χ2v) is 7.31. The van der Waals surface area contributed by atoms with Gasteiger partial charge in [0.1, 0.15) is 0 Å². The third-order valence-electron chi connectivity index (χ3n) is 5.11. The lowest BCUT2D eigenvalue weighted by Crippen LogP contribution is -2.50. The molecule has 4 rings (SSSR count). The molecule has 2 aromatic carbocycles. The zero-order valence-corrected chi connectivity index (χ0v) is 16.6. The second-order valence-electron chi connectivity index (χ2n) is 6.92. The van der Waals surface area contributed by atoms with Gasteiger partial charge in [0.2, 0.25) is 0 Å². The summed E-state index contributed by atoms with van der Waals surface area (Å²) in [5, 5.41) is 4.06. The van der Waals surface area contributed by atoms with Crippen LogP contribution in [-0.4, -0.2) is 46.1 Å². The fourth-order valence-electron chi connectivity index (χ4n) is 3.71. The van der Waals surface area contributed by atoms with Crippen LogP contribution in [0.4, 0.5) is 5.69 Å². The van der Waals surface area contributed by atoms with Crippen LogP contribution in [0.15, 0.2) is 85.2 Å². The minimum atomic E-state index is 0.268. The Morgan fingerprint density at radius 1 is 0.821 bits per heavy atom. The first-order valence-electron chi connectivity index (χ1n) is 9.61. The third kappa shape index (κ3) is 4.38. The van der Waals surface area contributed by atoms with Crippen molar-refractivity contribution in [2.45, 2.75) is 6.04 Å². The molecule has 1 aromatic heterocycles. The first kappa shape index (κ1) is 18.6. The molecular weight excluding hydrogens is 364 g/mol. The van der Waals surface area contributed by atoms with E-state index in [0.29, 0.717) is 0 Å². The minimum Gasteiger partial charge on any atom is -0.346 e. The minimum absolute atomic E-state index is 0.268. The Morgan fingerprint density at radius 2 is 1.43 bits per heavy atom. The van der Waals surface area contributed by atoms with Crippen LogP contribution in [0.1, 0.15) is 17.2 Å². The molecule has 4 nitrogen and oxygen atoms in total. The highest BCUT2D eigenvalue weighted by Gasteiger charge is 2.27. The molecule has 0 amide bonds. The van der Waals surface area contributed by atoms with Crippen molar-refractivity contribution >= 4 is 23.0 Å². The molecule has 0 spiro atoms. The van der Waals surface area contributed by atoms with E-state index < -0.39 is 0 Å². The summed E-state index contributed by atoms with van der Waals surface area (Å²) in [6, 6.07) is 25.7. The topological polar surface area (TPSA) is 31.4 Å². The fraction of sp³-hybridized carbons (Fsp3) is 0.217. The number of benzene rings is 2. The van der Waals surface area contributed by atoms with Crippen molar-refractivity contribution in [3.63, 3.8) is 0 Å². The van der Waals surface area contributed by atoms with Gasteiger partial charge in [0, 0.05) is 32.4 Å². The summed E-state index contributed by atoms with van der Waals surface area (Å²) >= 11 is 5.62. The number of nitrogens with one attached hydrogen (secondary N) is 1. The van der Waals surface area contributed by atoms with Crippen molar-refractivity contribution in [2.75, 3.05) is 31.5 Å². The zero-order valence-electron chi connectivity index (χ0n) is 15.7. The molecule has 28 heavy (non-hydrogen) atoms. The molecule has 1 N–H and O–H groups in total. The van der Waals surface area contributed by atoms with Gasteiger partial charge >= 0.3 is 0 Å². The lowest BCUT2D eigenvalue weighted by atomic mass is 9.96. The second kappa shape index (κ2) is 8.95. The highest BCUT2D eigenvalue weighted by atomic mass is 32.1. The molecule has 2 heterocycles. The van der Waals surface area contributed by atoms with Gasteiger partial charge in [-0.15, -0.1) is 0 Å². The van der Waals surface area contributed by atoms with E-state index in [1.54, 1.807) is 12.4 Å². The van der Waals surface area contributed by atoms with Crippen molar-refractivity contribution in [1.82, 2.24) is 14.8 Å². The summed E-state index contributed by atoms with van der Waals surface area (Å²) in [5.41, 5.74) is 3.60. The standard InChI is InChI=1S/C23H24N4S/c28-23(25-21-12-7-13-24-18-21)27-16-14-26(15-17-27)22(19-8-3-1-4-9-19)20-10-5-2-6-11-20/h1-13,18,22H,14-17H2,(H,25,28). The van der Waals surface area contributed by atoms with Crippen LogP contribution >= 0.6 is 12.2 Å². The summed E-state index contributed by atoms with van der Waals surface area (Å²) in [6.45, 7) is 3.73. The quantitative estimate of drug-likeness (QED) is 0.678. The molecule has 3 aromatic rings. The Hall–Kier alpha value is -2.76. The van der Waals surface area contributed by atoms with E-state index in [1.165, 1.54) is 11.1 Å². The fourth-order valence-corrected chi connectivity index (χ4v) is 4.01. The van der Waals surface area contributed by atoms with Crippen LogP contribution in [-0.2, 0) is 0 Å². The van der Waals surface area contributed by atoms with Gasteiger partial charge in [0.05, 0.1) is 17.9 Å². The maximum Gasteiger partial charge on any atom is 0.173 e. The third-order valence-corrected chi connectivity index (χ3v) is 5.47. The summed E-state index contributed by atoms with van der Waals surface area (Å²) in [7, 11) is 0. The normalized spacial score (nSPS) is 14.8. The molecular formula is C23H24N4S. The Morgan fingerprint density at radius 3 is 1.96 bits per heavy atom. The van der Waals surface area contributed by atoms with Gasteiger partial charge in [-0.1, -0.05) is 60.7 Å². The van der Waals surface area contributed by atoms with E-state index in [4.69, 9.17) is 12.2 Å². The average molecular weight is 389 g/mol. The maximum atomic E-state index is 5.62. The molecule has 0 atom stereocenters. The van der Waals surface area contributed by atoms with Crippen molar-refractivity contribution in [3.8, 4) is 0 Å². The van der Waals surface area contributed by atoms with Crippen LogP contribution < -0.4 is 5.32 Å². The van der Waals surface area contributed by atoms with Crippen LogP contribution in [0.2, 0.25) is 0 Å². The van der Waals surface area contributed by atoms with Crippen molar-refractivity contribution in [3.05, 3.63) is 96.3 Å². The number of rotatable bonds is 4. The number of piperazine rings is 1. The molecule has 1 fully saturated rings. The van der Waals surface area contributed by atoms with E-state index >= 15 is 0 Å². The Bertz CT molecular complexity index is 839. The van der Waals surface area contributed by atoms with Crippen LogP contribution in [0.25, 0.3) is 0 Å². The Balaban J connectivity index is 1.45. The van der Waals surface area contributed by atoms with Crippen molar-refractivity contribution in [1.29, 1.82) is 0 Å². The number of aromatic nitrogens is 1. The van der Waals surface area contributed by atoms with Gasteiger partial charge in [-0.05, 0) is 35.5 Å². The SMILES string of the molecule is S=C(Nc1cccnc1)N1CCN(C(c2ccccc2)c2ccccc2)CC1. The molecule has 0 saturated carbocycles. The lowest BCUT2D eigenvalue weighted by Gasteiger charge is -2.40. The number of hydrogen-bond donors (Lipinski definition) is 1. The van der Waals surface area contributed by atoms with Gasteiger partial charge in [0.15, 0.2) is 5.11 Å². The molecule has 1 saturated heterocycles. The highest BCUT2D eigenvalue weighted by molar-refractivity contribution is 7.80. The van der Waals surface area contributed by atoms with Gasteiger partial charge in [-0.25, -0.2) is 0 Å². The number of nitrogens with zero attached hydrogens (tertiary/aromatic N) is 3. The molecule has 5 heteroatoms. The average Bonchev–Trinajstić information content (AvgIpc) is 2.77. The summed E-state index contributed by atoms with van der Waals surface area (Å²) in [6.07, 6.45) is 3.56.